The summed E-state index contributed by atoms with van der Waals surface area (Å²) in [5, 5.41) is 1.97. The maximum atomic E-state index is 13.3. The molecule has 0 unspecified atom stereocenters. The molecule has 0 atom stereocenters. The van der Waals surface area contributed by atoms with Gasteiger partial charge in [-0.1, -0.05) is 55.0 Å². The van der Waals surface area contributed by atoms with Crippen LogP contribution < -0.4 is 4.31 Å². The van der Waals surface area contributed by atoms with Crippen molar-refractivity contribution in [1.29, 1.82) is 0 Å². The van der Waals surface area contributed by atoms with E-state index in [2.05, 4.69) is 4.98 Å². The number of carbonyl (C=O) groups excluding carboxylic acids is 1. The van der Waals surface area contributed by atoms with Crippen LogP contribution >= 0.6 is 11.3 Å². The standard InChI is InChI=1S/C22H25N3O3S2/c1-3-14-24(16-19-11-9-18(2)10-12-19)21(26)17-25(22-23-13-15-29-22)30(27,28)20-7-5-4-6-8-20/h4-13,15H,3,14,16-17H2,1-2H3. The lowest BCUT2D eigenvalue weighted by atomic mass is 10.1. The summed E-state index contributed by atoms with van der Waals surface area (Å²) in [5.74, 6) is -0.257. The van der Waals surface area contributed by atoms with Gasteiger partial charge in [-0.05, 0) is 31.0 Å². The summed E-state index contributed by atoms with van der Waals surface area (Å²) in [4.78, 5) is 19.2. The van der Waals surface area contributed by atoms with E-state index in [-0.39, 0.29) is 22.5 Å². The zero-order valence-electron chi connectivity index (χ0n) is 17.1. The number of thiazole rings is 1. The predicted octanol–water partition coefficient (Wildman–Crippen LogP) is 4.09. The minimum Gasteiger partial charge on any atom is -0.337 e. The van der Waals surface area contributed by atoms with Crippen LogP contribution in [0.2, 0.25) is 0 Å². The van der Waals surface area contributed by atoms with Gasteiger partial charge in [-0.3, -0.25) is 4.79 Å². The van der Waals surface area contributed by atoms with Crippen LogP contribution in [-0.4, -0.2) is 37.3 Å². The predicted molar refractivity (Wildman–Crippen MR) is 120 cm³/mol. The van der Waals surface area contributed by atoms with Gasteiger partial charge in [0.15, 0.2) is 5.13 Å². The Morgan fingerprint density at radius 1 is 1.07 bits per heavy atom. The average molecular weight is 444 g/mol. The third kappa shape index (κ3) is 5.25. The van der Waals surface area contributed by atoms with Gasteiger partial charge in [0.2, 0.25) is 5.91 Å². The van der Waals surface area contributed by atoms with Gasteiger partial charge in [-0.15, -0.1) is 11.3 Å². The van der Waals surface area contributed by atoms with Gasteiger partial charge in [0.1, 0.15) is 6.54 Å². The van der Waals surface area contributed by atoms with Crippen LogP contribution in [-0.2, 0) is 21.4 Å². The Hall–Kier alpha value is -2.71. The SMILES string of the molecule is CCCN(Cc1ccc(C)cc1)C(=O)CN(c1nccs1)S(=O)(=O)c1ccccc1. The highest BCUT2D eigenvalue weighted by atomic mass is 32.2. The molecule has 0 saturated heterocycles. The van der Waals surface area contributed by atoms with Gasteiger partial charge in [-0.2, -0.15) is 0 Å². The number of benzene rings is 2. The van der Waals surface area contributed by atoms with Crippen molar-refractivity contribution in [1.82, 2.24) is 9.88 Å². The Morgan fingerprint density at radius 3 is 2.37 bits per heavy atom. The van der Waals surface area contributed by atoms with E-state index in [1.165, 1.54) is 29.7 Å². The minimum absolute atomic E-state index is 0.133. The summed E-state index contributed by atoms with van der Waals surface area (Å²) in [5.41, 5.74) is 2.16. The fourth-order valence-electron chi connectivity index (χ4n) is 3.01. The van der Waals surface area contributed by atoms with Gasteiger partial charge >= 0.3 is 0 Å². The van der Waals surface area contributed by atoms with E-state index in [0.717, 1.165) is 21.9 Å². The maximum Gasteiger partial charge on any atom is 0.266 e. The Morgan fingerprint density at radius 2 is 1.77 bits per heavy atom. The van der Waals surface area contributed by atoms with Crippen LogP contribution in [0.15, 0.2) is 71.1 Å². The fourth-order valence-corrected chi connectivity index (χ4v) is 5.27. The number of rotatable bonds is 9. The molecule has 1 aromatic heterocycles. The number of carbonyl (C=O) groups is 1. The van der Waals surface area contributed by atoms with Crippen molar-refractivity contribution in [3.8, 4) is 0 Å². The molecule has 158 valence electrons. The number of aryl methyl sites for hydroxylation is 1. The van der Waals surface area contributed by atoms with Crippen molar-refractivity contribution in [2.75, 3.05) is 17.4 Å². The molecule has 0 aliphatic heterocycles. The smallest absolute Gasteiger partial charge is 0.266 e. The topological polar surface area (TPSA) is 70.6 Å². The van der Waals surface area contributed by atoms with Gasteiger partial charge in [-0.25, -0.2) is 17.7 Å². The molecule has 0 saturated carbocycles. The number of hydrogen-bond donors (Lipinski definition) is 0. The van der Waals surface area contributed by atoms with E-state index >= 15 is 0 Å². The largest absolute Gasteiger partial charge is 0.337 e. The number of anilines is 1. The van der Waals surface area contributed by atoms with Crippen LogP contribution in [0, 0.1) is 6.92 Å². The number of nitrogens with zero attached hydrogens (tertiary/aromatic N) is 3. The summed E-state index contributed by atoms with van der Waals surface area (Å²) < 4.78 is 27.6. The van der Waals surface area contributed by atoms with E-state index in [1.807, 2.05) is 38.1 Å². The van der Waals surface area contributed by atoms with Crippen LogP contribution in [0.3, 0.4) is 0 Å². The number of amides is 1. The van der Waals surface area contributed by atoms with E-state index in [4.69, 9.17) is 0 Å². The molecule has 3 aromatic rings. The molecule has 30 heavy (non-hydrogen) atoms. The third-order valence-electron chi connectivity index (χ3n) is 4.58. The lowest BCUT2D eigenvalue weighted by Crippen LogP contribution is -2.43. The molecule has 0 spiro atoms. The van der Waals surface area contributed by atoms with Crippen LogP contribution in [0.1, 0.15) is 24.5 Å². The minimum atomic E-state index is -3.91. The quantitative estimate of drug-likeness (QED) is 0.500. The van der Waals surface area contributed by atoms with E-state index in [0.29, 0.717) is 13.1 Å². The Balaban J connectivity index is 1.87. The highest BCUT2D eigenvalue weighted by Gasteiger charge is 2.30. The van der Waals surface area contributed by atoms with Gasteiger partial charge in [0, 0.05) is 24.7 Å². The van der Waals surface area contributed by atoms with Gasteiger partial charge in [0.25, 0.3) is 10.0 Å². The molecular formula is C22H25N3O3S2. The normalized spacial score (nSPS) is 11.3. The highest BCUT2D eigenvalue weighted by Crippen LogP contribution is 2.25. The lowest BCUT2D eigenvalue weighted by Gasteiger charge is -2.27. The first-order valence-electron chi connectivity index (χ1n) is 9.72. The Labute approximate surface area is 181 Å². The molecule has 0 fully saturated rings. The highest BCUT2D eigenvalue weighted by molar-refractivity contribution is 7.93. The van der Waals surface area contributed by atoms with Crippen molar-refractivity contribution >= 4 is 32.4 Å². The van der Waals surface area contributed by atoms with E-state index in [9.17, 15) is 13.2 Å². The molecule has 2 aromatic carbocycles. The summed E-state index contributed by atoms with van der Waals surface area (Å²) in [7, 11) is -3.91. The van der Waals surface area contributed by atoms with E-state index < -0.39 is 10.0 Å². The maximum absolute atomic E-state index is 13.3. The van der Waals surface area contributed by atoms with Crippen molar-refractivity contribution in [2.24, 2.45) is 0 Å². The summed E-state index contributed by atoms with van der Waals surface area (Å²) in [6.45, 7) is 4.69. The first-order valence-corrected chi connectivity index (χ1v) is 12.0. The van der Waals surface area contributed by atoms with Crippen molar-refractivity contribution < 1.29 is 13.2 Å². The molecular weight excluding hydrogens is 418 g/mol. The molecule has 6 nitrogen and oxygen atoms in total. The summed E-state index contributed by atoms with van der Waals surface area (Å²) in [6, 6.07) is 16.1. The van der Waals surface area contributed by atoms with Gasteiger partial charge in [0.05, 0.1) is 4.90 Å². The number of hydrogen-bond acceptors (Lipinski definition) is 5. The summed E-state index contributed by atoms with van der Waals surface area (Å²) >= 11 is 1.19. The molecule has 0 aliphatic rings. The molecule has 8 heteroatoms. The molecule has 1 amide bonds. The molecule has 3 rings (SSSR count). The second-order valence-corrected chi connectivity index (χ2v) is 9.68. The van der Waals surface area contributed by atoms with Crippen molar-refractivity contribution in [2.45, 2.75) is 31.7 Å². The zero-order valence-corrected chi connectivity index (χ0v) is 18.7. The lowest BCUT2D eigenvalue weighted by molar-refractivity contribution is -0.130. The third-order valence-corrected chi connectivity index (χ3v) is 7.24. The second-order valence-electron chi connectivity index (χ2n) is 6.94. The van der Waals surface area contributed by atoms with Crippen molar-refractivity contribution in [3.05, 3.63) is 77.3 Å². The monoisotopic (exact) mass is 443 g/mol. The molecule has 0 N–H and O–H groups in total. The Kier molecular flexibility index (Phi) is 7.23. The second kappa shape index (κ2) is 9.86. The van der Waals surface area contributed by atoms with Crippen molar-refractivity contribution in [3.63, 3.8) is 0 Å². The fraction of sp³-hybridized carbons (Fsp3) is 0.273. The van der Waals surface area contributed by atoms with Crippen LogP contribution in [0.4, 0.5) is 5.13 Å². The molecule has 1 heterocycles. The molecule has 0 radical (unpaired) electrons. The van der Waals surface area contributed by atoms with Crippen LogP contribution in [0.5, 0.6) is 0 Å². The van der Waals surface area contributed by atoms with Gasteiger partial charge < -0.3 is 4.90 Å². The average Bonchev–Trinajstić information content (AvgIpc) is 3.28. The number of aromatic nitrogens is 1. The summed E-state index contributed by atoms with van der Waals surface area (Å²) in [6.07, 6.45) is 2.31. The zero-order chi connectivity index (χ0) is 21.6. The molecule has 0 bridgehead atoms. The molecule has 0 aliphatic carbocycles. The first kappa shape index (κ1) is 22.0. The first-order chi connectivity index (χ1) is 14.4. The van der Waals surface area contributed by atoms with E-state index in [1.54, 1.807) is 28.5 Å². The number of sulfonamides is 1. The Bertz CT molecular complexity index is 1050. The van der Waals surface area contributed by atoms with Crippen LogP contribution in [0.25, 0.3) is 0 Å².